The molecule has 28 heavy (non-hydrogen) atoms. The lowest BCUT2D eigenvalue weighted by Gasteiger charge is -2.36. The van der Waals surface area contributed by atoms with Gasteiger partial charge in [-0.1, -0.05) is 25.8 Å². The van der Waals surface area contributed by atoms with Crippen LogP contribution in [0.5, 0.6) is 0 Å². The Labute approximate surface area is 165 Å². The Balaban J connectivity index is 1.50. The van der Waals surface area contributed by atoms with Gasteiger partial charge in [0.25, 0.3) is 17.7 Å². The number of ether oxygens (including phenoxy) is 1. The zero-order valence-electron chi connectivity index (χ0n) is 15.4. The summed E-state index contributed by atoms with van der Waals surface area (Å²) in [6.45, 7) is 0.653. The van der Waals surface area contributed by atoms with Crippen LogP contribution in [-0.4, -0.2) is 53.3 Å². The number of carbonyl (C=O) groups excluding carboxylic acids is 5. The number of carbonyl (C=O) groups is 5. The summed E-state index contributed by atoms with van der Waals surface area (Å²) in [7, 11) is 0. The first-order valence-electron chi connectivity index (χ1n) is 9.01. The van der Waals surface area contributed by atoms with Crippen molar-refractivity contribution in [1.82, 2.24) is 15.5 Å². The molecule has 1 spiro atoms. The van der Waals surface area contributed by atoms with Crippen molar-refractivity contribution in [2.75, 3.05) is 13.2 Å². The number of thiophene rings is 1. The summed E-state index contributed by atoms with van der Waals surface area (Å²) in [5.41, 5.74) is -0.958. The lowest BCUT2D eigenvalue weighted by Crippen LogP contribution is -2.54. The highest BCUT2D eigenvalue weighted by atomic mass is 32.1. The van der Waals surface area contributed by atoms with Crippen molar-refractivity contribution in [3.05, 3.63) is 22.4 Å². The normalized spacial score (nSPS) is 24.2. The predicted octanol–water partition coefficient (Wildman–Crippen LogP) is 1.05. The van der Waals surface area contributed by atoms with Gasteiger partial charge < -0.3 is 10.1 Å². The standard InChI is InChI=1S/C18H21N3O6S/c1-11-5-2-3-7-18(11)16(25)21(17(26)20-18)9-14(23)27-10-13(22)19-15(24)12-6-4-8-28-12/h4,6,8,11H,2-3,5,7,9-10H2,1H3,(H,20,26)(H,19,22,24)/t11-,18+/m1/s1. The molecule has 1 saturated heterocycles. The van der Waals surface area contributed by atoms with Crippen LogP contribution in [0.15, 0.2) is 17.5 Å². The van der Waals surface area contributed by atoms with E-state index in [1.807, 2.05) is 6.92 Å². The quantitative estimate of drug-likeness (QED) is 0.556. The second kappa shape index (κ2) is 8.09. The van der Waals surface area contributed by atoms with Crippen molar-refractivity contribution < 1.29 is 28.7 Å². The molecular weight excluding hydrogens is 386 g/mol. The SMILES string of the molecule is C[C@@H]1CCCC[C@]12NC(=O)N(CC(=O)OCC(=O)NC(=O)c1cccs1)C2=O. The topological polar surface area (TPSA) is 122 Å². The molecule has 0 unspecified atom stereocenters. The first-order chi connectivity index (χ1) is 13.3. The summed E-state index contributed by atoms with van der Waals surface area (Å²) in [4.78, 5) is 61.7. The van der Waals surface area contributed by atoms with Crippen LogP contribution in [0.3, 0.4) is 0 Å². The molecular formula is C18H21N3O6S. The Kier molecular flexibility index (Phi) is 5.78. The summed E-state index contributed by atoms with van der Waals surface area (Å²) < 4.78 is 4.81. The predicted molar refractivity (Wildman–Crippen MR) is 98.4 cm³/mol. The summed E-state index contributed by atoms with van der Waals surface area (Å²) in [6, 6.07) is 2.59. The average molecular weight is 407 g/mol. The molecule has 0 bridgehead atoms. The Morgan fingerprint density at radius 1 is 1.36 bits per heavy atom. The monoisotopic (exact) mass is 407 g/mol. The minimum atomic E-state index is -0.958. The molecule has 2 heterocycles. The van der Waals surface area contributed by atoms with Crippen molar-refractivity contribution >= 4 is 41.1 Å². The number of esters is 1. The number of nitrogens with zero attached hydrogens (tertiary/aromatic N) is 1. The van der Waals surface area contributed by atoms with Crippen LogP contribution in [0.1, 0.15) is 42.3 Å². The van der Waals surface area contributed by atoms with E-state index >= 15 is 0 Å². The van der Waals surface area contributed by atoms with Gasteiger partial charge in [0, 0.05) is 0 Å². The molecule has 2 aliphatic rings. The first-order valence-corrected chi connectivity index (χ1v) is 9.89. The molecule has 2 fully saturated rings. The molecule has 3 rings (SSSR count). The molecule has 1 aromatic heterocycles. The lowest BCUT2D eigenvalue weighted by atomic mass is 9.73. The minimum Gasteiger partial charge on any atom is -0.454 e. The van der Waals surface area contributed by atoms with Crippen molar-refractivity contribution in [2.24, 2.45) is 5.92 Å². The fourth-order valence-corrected chi connectivity index (χ4v) is 4.21. The van der Waals surface area contributed by atoms with Crippen LogP contribution >= 0.6 is 11.3 Å². The van der Waals surface area contributed by atoms with Gasteiger partial charge in [0.15, 0.2) is 6.61 Å². The van der Waals surface area contributed by atoms with Gasteiger partial charge in [0.2, 0.25) is 0 Å². The van der Waals surface area contributed by atoms with Gasteiger partial charge in [0.05, 0.1) is 4.88 Å². The van der Waals surface area contributed by atoms with E-state index in [4.69, 9.17) is 4.74 Å². The smallest absolute Gasteiger partial charge is 0.326 e. The number of imide groups is 2. The third kappa shape index (κ3) is 3.91. The van der Waals surface area contributed by atoms with Gasteiger partial charge in [-0.05, 0) is 30.2 Å². The Bertz CT molecular complexity index is 808. The molecule has 0 radical (unpaired) electrons. The molecule has 150 valence electrons. The maximum absolute atomic E-state index is 12.8. The van der Waals surface area contributed by atoms with E-state index in [9.17, 15) is 24.0 Å². The van der Waals surface area contributed by atoms with Gasteiger partial charge in [-0.25, -0.2) is 4.79 Å². The van der Waals surface area contributed by atoms with E-state index in [1.54, 1.807) is 17.5 Å². The molecule has 10 heteroatoms. The third-order valence-electron chi connectivity index (χ3n) is 5.15. The number of nitrogens with one attached hydrogen (secondary N) is 2. The van der Waals surface area contributed by atoms with Crippen LogP contribution in [0, 0.1) is 5.92 Å². The number of rotatable bonds is 5. The number of hydrogen-bond acceptors (Lipinski definition) is 7. The molecule has 1 saturated carbocycles. The van der Waals surface area contributed by atoms with Gasteiger partial charge in [0.1, 0.15) is 12.1 Å². The van der Waals surface area contributed by atoms with E-state index in [2.05, 4.69) is 10.6 Å². The number of urea groups is 1. The highest BCUT2D eigenvalue weighted by Crippen LogP contribution is 2.38. The van der Waals surface area contributed by atoms with E-state index in [-0.39, 0.29) is 5.92 Å². The molecule has 2 atom stereocenters. The summed E-state index contributed by atoms with van der Waals surface area (Å²) in [6.07, 6.45) is 3.18. The Morgan fingerprint density at radius 3 is 2.82 bits per heavy atom. The first kappa shape index (κ1) is 20.0. The van der Waals surface area contributed by atoms with Crippen LogP contribution in [-0.2, 0) is 19.1 Å². The van der Waals surface area contributed by atoms with Crippen molar-refractivity contribution in [3.8, 4) is 0 Å². The summed E-state index contributed by atoms with van der Waals surface area (Å²) >= 11 is 1.17. The average Bonchev–Trinajstić information content (AvgIpc) is 3.27. The summed E-state index contributed by atoms with van der Waals surface area (Å²) in [5.74, 6) is -2.73. The molecule has 1 aliphatic carbocycles. The second-order valence-corrected chi connectivity index (χ2v) is 7.90. The van der Waals surface area contributed by atoms with Gasteiger partial charge in [-0.2, -0.15) is 0 Å². The zero-order chi connectivity index (χ0) is 20.3. The molecule has 1 aliphatic heterocycles. The zero-order valence-corrected chi connectivity index (χ0v) is 16.2. The minimum absolute atomic E-state index is 0.0206. The maximum atomic E-state index is 12.8. The van der Waals surface area contributed by atoms with Crippen molar-refractivity contribution in [1.29, 1.82) is 0 Å². The molecule has 2 N–H and O–H groups in total. The van der Waals surface area contributed by atoms with E-state index < -0.39 is 48.4 Å². The van der Waals surface area contributed by atoms with Gasteiger partial charge >= 0.3 is 12.0 Å². The molecule has 5 amide bonds. The van der Waals surface area contributed by atoms with Gasteiger partial charge in [-0.3, -0.25) is 29.4 Å². The van der Waals surface area contributed by atoms with Crippen LogP contribution in [0.4, 0.5) is 4.79 Å². The fourth-order valence-electron chi connectivity index (χ4n) is 3.59. The third-order valence-corrected chi connectivity index (χ3v) is 6.02. The van der Waals surface area contributed by atoms with Crippen molar-refractivity contribution in [2.45, 2.75) is 38.1 Å². The largest absolute Gasteiger partial charge is 0.454 e. The Hall–Kier alpha value is -2.75. The Morgan fingerprint density at radius 2 is 2.14 bits per heavy atom. The maximum Gasteiger partial charge on any atom is 0.326 e. The number of amides is 5. The molecule has 0 aromatic carbocycles. The summed E-state index contributed by atoms with van der Waals surface area (Å²) in [5, 5.41) is 6.53. The highest BCUT2D eigenvalue weighted by molar-refractivity contribution is 7.12. The van der Waals surface area contributed by atoms with Gasteiger partial charge in [-0.15, -0.1) is 11.3 Å². The van der Waals surface area contributed by atoms with Crippen LogP contribution in [0.2, 0.25) is 0 Å². The van der Waals surface area contributed by atoms with Crippen LogP contribution in [0.25, 0.3) is 0 Å². The van der Waals surface area contributed by atoms with E-state index in [1.165, 1.54) is 11.3 Å². The van der Waals surface area contributed by atoms with Crippen LogP contribution < -0.4 is 10.6 Å². The molecule has 1 aromatic rings. The van der Waals surface area contributed by atoms with E-state index in [0.29, 0.717) is 11.3 Å². The second-order valence-electron chi connectivity index (χ2n) is 6.95. The molecule has 9 nitrogen and oxygen atoms in total. The highest BCUT2D eigenvalue weighted by Gasteiger charge is 2.55. The lowest BCUT2D eigenvalue weighted by molar-refractivity contribution is -0.151. The van der Waals surface area contributed by atoms with Crippen molar-refractivity contribution in [3.63, 3.8) is 0 Å². The fraction of sp³-hybridized carbons (Fsp3) is 0.500. The van der Waals surface area contributed by atoms with E-state index in [0.717, 1.165) is 24.2 Å². The number of hydrogen-bond donors (Lipinski definition) is 2.